The van der Waals surface area contributed by atoms with Gasteiger partial charge in [-0.25, -0.2) is 4.79 Å². The van der Waals surface area contributed by atoms with Gasteiger partial charge in [0.15, 0.2) is 11.5 Å². The van der Waals surface area contributed by atoms with Crippen molar-refractivity contribution in [1.29, 1.82) is 0 Å². The number of aliphatic hydroxyl groups is 1. The number of Topliss-reactive ketones (excluding diaryl/α,β-unsaturated/α-hetero) is 1. The lowest BCUT2D eigenvalue weighted by molar-refractivity contribution is -0.182. The summed E-state index contributed by atoms with van der Waals surface area (Å²) >= 11 is 0. The Balaban J connectivity index is 4.21. The van der Waals surface area contributed by atoms with E-state index >= 15 is 0 Å². The monoisotopic (exact) mass is 416 g/mol. The molecule has 8 nitrogen and oxygen atoms in total. The Morgan fingerprint density at radius 1 is 0.828 bits per heavy atom. The highest BCUT2D eigenvalue weighted by atomic mass is 16.5. The van der Waals surface area contributed by atoms with E-state index in [1.807, 2.05) is 0 Å². The summed E-state index contributed by atoms with van der Waals surface area (Å²) in [5.41, 5.74) is -3.04. The predicted octanol–water partition coefficient (Wildman–Crippen LogP) is 3.34. The third kappa shape index (κ3) is 11.0. The van der Waals surface area contributed by atoms with Gasteiger partial charge in [-0.05, 0) is 13.3 Å². The highest BCUT2D eigenvalue weighted by molar-refractivity contribution is 6.05. The summed E-state index contributed by atoms with van der Waals surface area (Å²) < 4.78 is 4.95. The molecule has 0 fully saturated rings. The summed E-state index contributed by atoms with van der Waals surface area (Å²) in [6, 6.07) is 0. The third-order valence-electron chi connectivity index (χ3n) is 4.90. The van der Waals surface area contributed by atoms with E-state index in [-0.39, 0.29) is 6.61 Å². The van der Waals surface area contributed by atoms with E-state index in [0.29, 0.717) is 6.42 Å². The largest absolute Gasteiger partial charge is 0.481 e. The zero-order chi connectivity index (χ0) is 22.3. The average Bonchev–Trinajstić information content (AvgIpc) is 2.61. The minimum Gasteiger partial charge on any atom is -0.481 e. The first kappa shape index (κ1) is 27.0. The van der Waals surface area contributed by atoms with Crippen molar-refractivity contribution in [3.8, 4) is 0 Å². The standard InChI is InChI=1S/C21H36O8/c1-3-4-5-6-7-8-9-10-11-12-13-14-29-19(25)18(16(2)22)21(28,20(26)27)15-17(23)24/h18,28H,3-15H2,1-2H3,(H,23,24)(H,26,27). The molecule has 0 amide bonds. The number of carboxylic acid groups (broad SMARTS) is 2. The molecule has 0 aromatic carbocycles. The minimum absolute atomic E-state index is 0.0115. The van der Waals surface area contributed by atoms with Crippen molar-refractivity contribution in [3.63, 3.8) is 0 Å². The van der Waals surface area contributed by atoms with Crippen LogP contribution in [-0.4, -0.2) is 51.2 Å². The van der Waals surface area contributed by atoms with Gasteiger partial charge in [0.1, 0.15) is 5.78 Å². The first-order valence-electron chi connectivity index (χ1n) is 10.5. The molecule has 0 heterocycles. The Morgan fingerprint density at radius 2 is 1.28 bits per heavy atom. The Bertz CT molecular complexity index is 531. The molecule has 29 heavy (non-hydrogen) atoms. The zero-order valence-corrected chi connectivity index (χ0v) is 17.7. The molecule has 0 radical (unpaired) electrons. The zero-order valence-electron chi connectivity index (χ0n) is 17.7. The molecule has 0 saturated carbocycles. The SMILES string of the molecule is CCCCCCCCCCCCCOC(=O)C(C(C)=O)C(O)(CC(=O)O)C(=O)O. The lowest BCUT2D eigenvalue weighted by Gasteiger charge is -2.27. The predicted molar refractivity (Wildman–Crippen MR) is 106 cm³/mol. The van der Waals surface area contributed by atoms with Gasteiger partial charge in [-0.1, -0.05) is 71.1 Å². The molecule has 0 aliphatic heterocycles. The maximum Gasteiger partial charge on any atom is 0.337 e. The van der Waals surface area contributed by atoms with Crippen LogP contribution in [0.25, 0.3) is 0 Å². The Hall–Kier alpha value is -1.96. The molecule has 2 unspecified atom stereocenters. The van der Waals surface area contributed by atoms with Crippen molar-refractivity contribution in [2.75, 3.05) is 6.61 Å². The van der Waals surface area contributed by atoms with Crippen molar-refractivity contribution in [1.82, 2.24) is 0 Å². The van der Waals surface area contributed by atoms with Gasteiger partial charge < -0.3 is 20.1 Å². The molecule has 3 N–H and O–H groups in total. The van der Waals surface area contributed by atoms with Crippen molar-refractivity contribution in [2.45, 2.75) is 96.5 Å². The first-order chi connectivity index (χ1) is 13.7. The highest BCUT2D eigenvalue weighted by Crippen LogP contribution is 2.25. The van der Waals surface area contributed by atoms with Crippen molar-refractivity contribution in [3.05, 3.63) is 0 Å². The number of carboxylic acids is 2. The van der Waals surface area contributed by atoms with E-state index in [2.05, 4.69) is 6.92 Å². The van der Waals surface area contributed by atoms with Crippen LogP contribution in [0.2, 0.25) is 0 Å². The van der Waals surface area contributed by atoms with Gasteiger partial charge in [0, 0.05) is 0 Å². The fraction of sp³-hybridized carbons (Fsp3) is 0.810. The number of esters is 1. The maximum absolute atomic E-state index is 12.1. The van der Waals surface area contributed by atoms with Gasteiger partial charge in [0.25, 0.3) is 0 Å². The van der Waals surface area contributed by atoms with Crippen molar-refractivity contribution < 1.29 is 39.2 Å². The van der Waals surface area contributed by atoms with E-state index in [0.717, 1.165) is 26.2 Å². The molecule has 0 saturated heterocycles. The molecule has 0 aliphatic rings. The molecular weight excluding hydrogens is 380 g/mol. The minimum atomic E-state index is -3.04. The number of rotatable bonds is 18. The number of carbonyl (C=O) groups is 4. The van der Waals surface area contributed by atoms with Gasteiger partial charge in [0.2, 0.25) is 0 Å². The van der Waals surface area contributed by atoms with Crippen molar-refractivity contribution in [2.24, 2.45) is 5.92 Å². The smallest absolute Gasteiger partial charge is 0.337 e. The van der Waals surface area contributed by atoms with Crippen LogP contribution >= 0.6 is 0 Å². The van der Waals surface area contributed by atoms with Crippen LogP contribution < -0.4 is 0 Å². The van der Waals surface area contributed by atoms with Gasteiger partial charge in [-0.2, -0.15) is 0 Å². The van der Waals surface area contributed by atoms with E-state index in [1.54, 1.807) is 0 Å². The molecule has 8 heteroatoms. The summed E-state index contributed by atoms with van der Waals surface area (Å²) in [6.45, 7) is 3.10. The van der Waals surface area contributed by atoms with Crippen LogP contribution in [0.4, 0.5) is 0 Å². The van der Waals surface area contributed by atoms with Crippen LogP contribution in [0, 0.1) is 5.92 Å². The van der Waals surface area contributed by atoms with E-state index < -0.39 is 41.6 Å². The highest BCUT2D eigenvalue weighted by Gasteiger charge is 2.53. The maximum atomic E-state index is 12.1. The first-order valence-corrected chi connectivity index (χ1v) is 10.5. The van der Waals surface area contributed by atoms with Crippen LogP contribution in [-0.2, 0) is 23.9 Å². The third-order valence-corrected chi connectivity index (χ3v) is 4.90. The number of carbonyl (C=O) groups excluding carboxylic acids is 2. The molecule has 168 valence electrons. The van der Waals surface area contributed by atoms with Gasteiger partial charge in [-0.15, -0.1) is 0 Å². The number of ether oxygens (including phenoxy) is 1. The molecule has 0 aliphatic carbocycles. The van der Waals surface area contributed by atoms with Crippen LogP contribution in [0.3, 0.4) is 0 Å². The Kier molecular flexibility index (Phi) is 13.9. The Labute approximate surface area is 172 Å². The summed E-state index contributed by atoms with van der Waals surface area (Å²) in [4.78, 5) is 46.0. The number of aliphatic carboxylic acids is 2. The van der Waals surface area contributed by atoms with E-state index in [4.69, 9.17) is 14.9 Å². The van der Waals surface area contributed by atoms with Crippen LogP contribution in [0.15, 0.2) is 0 Å². The lowest BCUT2D eigenvalue weighted by atomic mass is 9.82. The number of hydrogen-bond donors (Lipinski definition) is 3. The normalized spacial score (nSPS) is 14.0. The molecule has 0 spiro atoms. The summed E-state index contributed by atoms with van der Waals surface area (Å²) in [5.74, 6) is -7.84. The Morgan fingerprint density at radius 3 is 1.66 bits per heavy atom. The number of ketones is 1. The number of hydrogen-bond acceptors (Lipinski definition) is 6. The second-order valence-corrected chi connectivity index (χ2v) is 7.55. The fourth-order valence-electron chi connectivity index (χ4n) is 3.25. The van der Waals surface area contributed by atoms with E-state index in [9.17, 15) is 24.3 Å². The molecule has 2 atom stereocenters. The summed E-state index contributed by atoms with van der Waals surface area (Å²) in [5, 5.41) is 28.1. The molecule has 0 bridgehead atoms. The fourth-order valence-corrected chi connectivity index (χ4v) is 3.25. The van der Waals surface area contributed by atoms with Gasteiger partial charge in [0.05, 0.1) is 13.0 Å². The molecule has 0 aromatic heterocycles. The van der Waals surface area contributed by atoms with Crippen LogP contribution in [0.5, 0.6) is 0 Å². The molecule has 0 aromatic rings. The topological polar surface area (TPSA) is 138 Å². The second kappa shape index (κ2) is 15.0. The van der Waals surface area contributed by atoms with Crippen molar-refractivity contribution >= 4 is 23.7 Å². The second-order valence-electron chi connectivity index (χ2n) is 7.55. The molecule has 0 rings (SSSR count). The summed E-state index contributed by atoms with van der Waals surface area (Å²) in [6.07, 6.45) is 10.9. The average molecular weight is 417 g/mol. The number of unbranched alkanes of at least 4 members (excludes halogenated alkanes) is 10. The molecular formula is C21H36O8. The van der Waals surface area contributed by atoms with Crippen LogP contribution in [0.1, 0.15) is 90.9 Å². The summed E-state index contributed by atoms with van der Waals surface area (Å²) in [7, 11) is 0. The lowest BCUT2D eigenvalue weighted by Crippen LogP contribution is -2.54. The quantitative estimate of drug-likeness (QED) is 0.176. The van der Waals surface area contributed by atoms with Gasteiger partial charge >= 0.3 is 17.9 Å². The van der Waals surface area contributed by atoms with Gasteiger partial charge in [-0.3, -0.25) is 14.4 Å². The van der Waals surface area contributed by atoms with E-state index in [1.165, 1.54) is 44.9 Å².